The lowest BCUT2D eigenvalue weighted by molar-refractivity contribution is -0.135. The smallest absolute Gasteiger partial charge is 0.227 e. The number of carbonyl (C=O) groups is 1. The molecule has 1 heterocycles. The summed E-state index contributed by atoms with van der Waals surface area (Å²) in [6, 6.07) is 1.86. The van der Waals surface area contributed by atoms with Crippen LogP contribution >= 0.6 is 0 Å². The van der Waals surface area contributed by atoms with Gasteiger partial charge in [-0.1, -0.05) is 11.6 Å². The molecule has 2 unspecified atom stereocenters. The average molecular weight is 237 g/mol. The monoisotopic (exact) mass is 237 g/mol. The van der Waals surface area contributed by atoms with Gasteiger partial charge in [0.15, 0.2) is 0 Å². The molecule has 1 fully saturated rings. The molecular formula is C12H19N3O2. The van der Waals surface area contributed by atoms with Crippen LogP contribution in [0.25, 0.3) is 0 Å². The topological polar surface area (TPSA) is 72.4 Å². The van der Waals surface area contributed by atoms with E-state index in [4.69, 9.17) is 10.3 Å². The van der Waals surface area contributed by atoms with Crippen LogP contribution in [0.2, 0.25) is 0 Å². The van der Waals surface area contributed by atoms with Gasteiger partial charge in [-0.15, -0.1) is 0 Å². The second-order valence-electron chi connectivity index (χ2n) is 4.82. The van der Waals surface area contributed by atoms with Crippen molar-refractivity contribution in [2.75, 3.05) is 7.05 Å². The van der Waals surface area contributed by atoms with Gasteiger partial charge in [0, 0.05) is 19.2 Å². The normalized spacial score (nSPS) is 23.9. The molecule has 1 aromatic rings. The van der Waals surface area contributed by atoms with Gasteiger partial charge >= 0.3 is 0 Å². The van der Waals surface area contributed by atoms with E-state index in [1.807, 2.05) is 13.0 Å². The summed E-state index contributed by atoms with van der Waals surface area (Å²) in [7, 11) is 1.79. The first-order valence-corrected chi connectivity index (χ1v) is 6.00. The summed E-state index contributed by atoms with van der Waals surface area (Å²) in [5.41, 5.74) is 6.72. The SMILES string of the molecule is Cc1cc(CN(C)C(=O)C2CCCC2N)no1. The molecule has 1 aliphatic rings. The van der Waals surface area contributed by atoms with E-state index in [9.17, 15) is 4.79 Å². The first kappa shape index (κ1) is 12.1. The molecule has 1 aliphatic carbocycles. The van der Waals surface area contributed by atoms with Gasteiger partial charge in [0.1, 0.15) is 11.5 Å². The van der Waals surface area contributed by atoms with E-state index < -0.39 is 0 Å². The van der Waals surface area contributed by atoms with Crippen LogP contribution < -0.4 is 5.73 Å². The Morgan fingerprint density at radius 3 is 2.94 bits per heavy atom. The summed E-state index contributed by atoms with van der Waals surface area (Å²) in [6.07, 6.45) is 2.91. The van der Waals surface area contributed by atoms with Crippen LogP contribution in [0, 0.1) is 12.8 Å². The summed E-state index contributed by atoms with van der Waals surface area (Å²) >= 11 is 0. The van der Waals surface area contributed by atoms with Crippen LogP contribution in [0.1, 0.15) is 30.7 Å². The zero-order valence-corrected chi connectivity index (χ0v) is 10.3. The third-order valence-electron chi connectivity index (χ3n) is 3.34. The van der Waals surface area contributed by atoms with Gasteiger partial charge in [-0.3, -0.25) is 4.79 Å². The zero-order valence-electron chi connectivity index (χ0n) is 10.3. The summed E-state index contributed by atoms with van der Waals surface area (Å²) in [4.78, 5) is 13.8. The van der Waals surface area contributed by atoms with Crippen molar-refractivity contribution in [3.05, 3.63) is 17.5 Å². The molecule has 0 bridgehead atoms. The third-order valence-corrected chi connectivity index (χ3v) is 3.34. The van der Waals surface area contributed by atoms with Gasteiger partial charge in [0.2, 0.25) is 5.91 Å². The Bertz CT molecular complexity index is 402. The molecule has 0 saturated heterocycles. The highest BCUT2D eigenvalue weighted by Crippen LogP contribution is 2.25. The van der Waals surface area contributed by atoms with Crippen molar-refractivity contribution in [1.29, 1.82) is 0 Å². The number of hydrogen-bond acceptors (Lipinski definition) is 4. The van der Waals surface area contributed by atoms with E-state index in [2.05, 4.69) is 5.16 Å². The highest BCUT2D eigenvalue weighted by Gasteiger charge is 2.32. The minimum absolute atomic E-state index is 0.0176. The summed E-state index contributed by atoms with van der Waals surface area (Å²) in [5, 5.41) is 3.88. The summed E-state index contributed by atoms with van der Waals surface area (Å²) < 4.78 is 4.98. The molecule has 1 amide bonds. The molecule has 94 valence electrons. The molecule has 0 aromatic carbocycles. The Balaban J connectivity index is 1.95. The summed E-state index contributed by atoms with van der Waals surface area (Å²) in [5.74, 6) is 0.863. The minimum atomic E-state index is -0.0204. The number of aromatic nitrogens is 1. The first-order chi connectivity index (χ1) is 8.08. The highest BCUT2D eigenvalue weighted by atomic mass is 16.5. The number of amides is 1. The van der Waals surface area contributed by atoms with Crippen LogP contribution in [0.5, 0.6) is 0 Å². The second-order valence-corrected chi connectivity index (χ2v) is 4.82. The third kappa shape index (κ3) is 2.66. The molecule has 1 aromatic heterocycles. The molecule has 0 aliphatic heterocycles. The van der Waals surface area contributed by atoms with Crippen LogP contribution in [0.15, 0.2) is 10.6 Å². The van der Waals surface area contributed by atoms with Gasteiger partial charge in [-0.25, -0.2) is 0 Å². The van der Waals surface area contributed by atoms with Crippen molar-refractivity contribution >= 4 is 5.91 Å². The Kier molecular flexibility index (Phi) is 3.47. The number of carbonyl (C=O) groups excluding carboxylic acids is 1. The second kappa shape index (κ2) is 4.87. The lowest BCUT2D eigenvalue weighted by Gasteiger charge is -2.22. The zero-order chi connectivity index (χ0) is 12.4. The van der Waals surface area contributed by atoms with Crippen molar-refractivity contribution in [1.82, 2.24) is 10.1 Å². The number of hydrogen-bond donors (Lipinski definition) is 1. The fourth-order valence-corrected chi connectivity index (χ4v) is 2.39. The fraction of sp³-hybridized carbons (Fsp3) is 0.667. The van der Waals surface area contributed by atoms with Crippen molar-refractivity contribution in [3.8, 4) is 0 Å². The standard InChI is InChI=1S/C12H19N3O2/c1-8-6-9(14-17-8)7-15(2)12(16)10-4-3-5-11(10)13/h6,10-11H,3-5,7,13H2,1-2H3. The van der Waals surface area contributed by atoms with E-state index in [0.717, 1.165) is 30.7 Å². The van der Waals surface area contributed by atoms with Crippen LogP contribution in [0.3, 0.4) is 0 Å². The molecule has 1 saturated carbocycles. The van der Waals surface area contributed by atoms with Crippen LogP contribution in [-0.2, 0) is 11.3 Å². The molecule has 0 radical (unpaired) electrons. The summed E-state index contributed by atoms with van der Waals surface area (Å²) in [6.45, 7) is 2.32. The molecule has 17 heavy (non-hydrogen) atoms. The van der Waals surface area contributed by atoms with Crippen molar-refractivity contribution in [2.45, 2.75) is 38.8 Å². The van der Waals surface area contributed by atoms with E-state index in [1.54, 1.807) is 11.9 Å². The lowest BCUT2D eigenvalue weighted by atomic mass is 10.0. The predicted octanol–water partition coefficient (Wildman–Crippen LogP) is 1.07. The van der Waals surface area contributed by atoms with Gasteiger partial charge < -0.3 is 15.2 Å². The van der Waals surface area contributed by atoms with Gasteiger partial charge in [-0.2, -0.15) is 0 Å². The van der Waals surface area contributed by atoms with Crippen molar-refractivity contribution < 1.29 is 9.32 Å². The maximum Gasteiger partial charge on any atom is 0.227 e. The number of aryl methyl sites for hydroxylation is 1. The number of nitrogens with zero attached hydrogens (tertiary/aromatic N) is 2. The minimum Gasteiger partial charge on any atom is -0.361 e. The molecule has 2 rings (SSSR count). The van der Waals surface area contributed by atoms with E-state index in [0.29, 0.717) is 6.54 Å². The average Bonchev–Trinajstić information content (AvgIpc) is 2.86. The molecule has 2 N–H and O–H groups in total. The lowest BCUT2D eigenvalue weighted by Crippen LogP contribution is -2.39. The maximum absolute atomic E-state index is 12.2. The molecule has 0 spiro atoms. The number of nitrogens with two attached hydrogens (primary N) is 1. The van der Waals surface area contributed by atoms with Gasteiger partial charge in [0.05, 0.1) is 12.5 Å². The quantitative estimate of drug-likeness (QED) is 0.853. The van der Waals surface area contributed by atoms with Gasteiger partial charge in [-0.05, 0) is 19.8 Å². The Labute approximate surface area is 101 Å². The van der Waals surface area contributed by atoms with Crippen molar-refractivity contribution in [2.24, 2.45) is 11.7 Å². The molecule has 5 nitrogen and oxygen atoms in total. The molecular weight excluding hydrogens is 218 g/mol. The Hall–Kier alpha value is -1.36. The van der Waals surface area contributed by atoms with Crippen LogP contribution in [0.4, 0.5) is 0 Å². The molecule has 2 atom stereocenters. The van der Waals surface area contributed by atoms with Crippen LogP contribution in [-0.4, -0.2) is 29.1 Å². The fourth-order valence-electron chi connectivity index (χ4n) is 2.39. The Morgan fingerprint density at radius 2 is 2.41 bits per heavy atom. The predicted molar refractivity (Wildman–Crippen MR) is 63.0 cm³/mol. The Morgan fingerprint density at radius 1 is 1.65 bits per heavy atom. The number of rotatable bonds is 3. The largest absolute Gasteiger partial charge is 0.361 e. The first-order valence-electron chi connectivity index (χ1n) is 6.00. The van der Waals surface area contributed by atoms with E-state index >= 15 is 0 Å². The van der Waals surface area contributed by atoms with Gasteiger partial charge in [0.25, 0.3) is 0 Å². The van der Waals surface area contributed by atoms with E-state index in [1.165, 1.54) is 0 Å². The highest BCUT2D eigenvalue weighted by molar-refractivity contribution is 5.79. The molecule has 5 heteroatoms. The van der Waals surface area contributed by atoms with Crippen molar-refractivity contribution in [3.63, 3.8) is 0 Å². The maximum atomic E-state index is 12.2. The van der Waals surface area contributed by atoms with E-state index in [-0.39, 0.29) is 17.9 Å².